The second-order valence-electron chi connectivity index (χ2n) is 5.08. The Hall–Kier alpha value is -1.33. The Morgan fingerprint density at radius 3 is 3.05 bits per heavy atom. The van der Waals surface area contributed by atoms with E-state index in [1.807, 2.05) is 0 Å². The van der Waals surface area contributed by atoms with Gasteiger partial charge in [0.25, 0.3) is 5.91 Å². The zero-order valence-electron chi connectivity index (χ0n) is 11.6. The van der Waals surface area contributed by atoms with Gasteiger partial charge >= 0.3 is 0 Å². The van der Waals surface area contributed by atoms with Crippen LogP contribution in [0, 0.1) is 5.92 Å². The minimum absolute atomic E-state index is 0.0511. The van der Waals surface area contributed by atoms with Crippen molar-refractivity contribution in [3.8, 4) is 0 Å². The van der Waals surface area contributed by atoms with Crippen molar-refractivity contribution in [3.05, 3.63) is 22.8 Å². The first-order chi connectivity index (χ1) is 9.63. The monoisotopic (exact) mass is 297 g/mol. The van der Waals surface area contributed by atoms with Crippen molar-refractivity contribution >= 4 is 23.3 Å². The highest BCUT2D eigenvalue weighted by Gasteiger charge is 2.26. The van der Waals surface area contributed by atoms with Gasteiger partial charge in [-0.05, 0) is 25.0 Å². The van der Waals surface area contributed by atoms with Crippen molar-refractivity contribution < 1.29 is 9.90 Å². The highest BCUT2D eigenvalue weighted by atomic mass is 35.5. The molecule has 5 nitrogen and oxygen atoms in total. The van der Waals surface area contributed by atoms with Crippen molar-refractivity contribution in [3.63, 3.8) is 0 Å². The lowest BCUT2D eigenvalue weighted by Gasteiger charge is -2.17. The van der Waals surface area contributed by atoms with Crippen molar-refractivity contribution in [1.29, 1.82) is 0 Å². The molecule has 1 fully saturated rings. The third-order valence-electron chi connectivity index (χ3n) is 3.43. The third kappa shape index (κ3) is 3.61. The molecule has 110 valence electrons. The summed E-state index contributed by atoms with van der Waals surface area (Å²) in [6.07, 6.45) is 1.82. The van der Waals surface area contributed by atoms with Gasteiger partial charge in [-0.1, -0.05) is 18.5 Å². The van der Waals surface area contributed by atoms with E-state index >= 15 is 0 Å². The molecular formula is C14H20ClN3O2. The maximum absolute atomic E-state index is 12.4. The molecule has 0 aliphatic carbocycles. The summed E-state index contributed by atoms with van der Waals surface area (Å²) in [5, 5.41) is 12.6. The Morgan fingerprint density at radius 2 is 2.40 bits per heavy atom. The van der Waals surface area contributed by atoms with Crippen LogP contribution in [0.15, 0.2) is 12.1 Å². The van der Waals surface area contributed by atoms with Crippen LogP contribution in [0.1, 0.15) is 30.1 Å². The molecule has 1 aliphatic heterocycles. The summed E-state index contributed by atoms with van der Waals surface area (Å²) in [6, 6.07) is 3.32. The lowest BCUT2D eigenvalue weighted by atomic mass is 10.1. The van der Waals surface area contributed by atoms with Crippen LogP contribution in [-0.4, -0.2) is 47.1 Å². The molecule has 1 aromatic heterocycles. The number of anilines is 1. The largest absolute Gasteiger partial charge is 0.396 e. The van der Waals surface area contributed by atoms with Gasteiger partial charge in [0.2, 0.25) is 0 Å². The van der Waals surface area contributed by atoms with Crippen LogP contribution in [0.4, 0.5) is 5.82 Å². The number of hydrogen-bond donors (Lipinski definition) is 2. The minimum Gasteiger partial charge on any atom is -0.396 e. The molecule has 0 saturated carbocycles. The number of aromatic nitrogens is 1. The Balaban J connectivity index is 2.11. The van der Waals surface area contributed by atoms with Crippen LogP contribution in [-0.2, 0) is 0 Å². The van der Waals surface area contributed by atoms with Crippen LogP contribution < -0.4 is 5.32 Å². The van der Waals surface area contributed by atoms with Gasteiger partial charge in [0, 0.05) is 37.7 Å². The molecule has 2 rings (SSSR count). The Bertz CT molecular complexity index is 481. The Morgan fingerprint density at radius 1 is 1.60 bits per heavy atom. The van der Waals surface area contributed by atoms with Gasteiger partial charge in [-0.3, -0.25) is 4.79 Å². The van der Waals surface area contributed by atoms with Crippen molar-refractivity contribution in [2.24, 2.45) is 5.92 Å². The van der Waals surface area contributed by atoms with Gasteiger partial charge in [-0.25, -0.2) is 4.98 Å². The molecule has 20 heavy (non-hydrogen) atoms. The van der Waals surface area contributed by atoms with Gasteiger partial charge in [-0.2, -0.15) is 0 Å². The molecule has 2 N–H and O–H groups in total. The molecule has 1 atom stereocenters. The van der Waals surface area contributed by atoms with E-state index in [1.54, 1.807) is 17.0 Å². The first-order valence-electron chi connectivity index (χ1n) is 6.95. The number of halogens is 1. The van der Waals surface area contributed by atoms with E-state index in [4.69, 9.17) is 16.7 Å². The SMILES string of the molecule is CCCNc1cc(C(=O)N2CCC(CO)C2)cc(Cl)n1. The van der Waals surface area contributed by atoms with E-state index < -0.39 is 0 Å². The first kappa shape index (κ1) is 15.1. The number of nitrogens with zero attached hydrogens (tertiary/aromatic N) is 2. The summed E-state index contributed by atoms with van der Waals surface area (Å²) in [7, 11) is 0. The predicted octanol–water partition coefficient (Wildman–Crippen LogP) is 2.01. The first-order valence-corrected chi connectivity index (χ1v) is 7.33. The average molecular weight is 298 g/mol. The second-order valence-corrected chi connectivity index (χ2v) is 5.47. The summed E-state index contributed by atoms with van der Waals surface area (Å²) >= 11 is 5.97. The molecule has 1 unspecified atom stereocenters. The number of aliphatic hydroxyl groups is 1. The lowest BCUT2D eigenvalue weighted by molar-refractivity contribution is 0.0782. The van der Waals surface area contributed by atoms with E-state index in [2.05, 4.69) is 17.2 Å². The number of nitrogens with one attached hydrogen (secondary N) is 1. The van der Waals surface area contributed by atoms with Crippen LogP contribution in [0.2, 0.25) is 5.15 Å². The highest BCUT2D eigenvalue weighted by molar-refractivity contribution is 6.29. The zero-order chi connectivity index (χ0) is 14.5. The molecule has 1 aromatic rings. The summed E-state index contributed by atoms with van der Waals surface area (Å²) in [5.41, 5.74) is 0.544. The molecule has 6 heteroatoms. The summed E-state index contributed by atoms with van der Waals surface area (Å²) in [6.45, 7) is 4.26. The van der Waals surface area contributed by atoms with Crippen molar-refractivity contribution in [2.75, 3.05) is 31.6 Å². The molecular weight excluding hydrogens is 278 g/mol. The minimum atomic E-state index is -0.0511. The van der Waals surface area contributed by atoms with Gasteiger partial charge in [0.1, 0.15) is 11.0 Å². The molecule has 1 saturated heterocycles. The number of rotatable bonds is 5. The van der Waals surface area contributed by atoms with E-state index in [-0.39, 0.29) is 18.4 Å². The van der Waals surface area contributed by atoms with Gasteiger partial charge in [0.15, 0.2) is 0 Å². The maximum Gasteiger partial charge on any atom is 0.254 e. The van der Waals surface area contributed by atoms with Crippen molar-refractivity contribution in [2.45, 2.75) is 19.8 Å². The zero-order valence-corrected chi connectivity index (χ0v) is 12.4. The van der Waals surface area contributed by atoms with Crippen molar-refractivity contribution in [1.82, 2.24) is 9.88 Å². The number of carbonyl (C=O) groups is 1. The molecule has 0 aromatic carbocycles. The van der Waals surface area contributed by atoms with E-state index in [0.717, 1.165) is 19.4 Å². The number of hydrogen-bond acceptors (Lipinski definition) is 4. The average Bonchev–Trinajstić information content (AvgIpc) is 2.92. The van der Waals surface area contributed by atoms with Gasteiger partial charge in [0.05, 0.1) is 0 Å². The summed E-state index contributed by atoms with van der Waals surface area (Å²) in [4.78, 5) is 18.3. The molecule has 0 radical (unpaired) electrons. The fourth-order valence-electron chi connectivity index (χ4n) is 2.31. The smallest absolute Gasteiger partial charge is 0.254 e. The molecule has 1 aliphatic rings. The Kier molecular flexibility index (Phi) is 5.20. The topological polar surface area (TPSA) is 65.5 Å². The van der Waals surface area contributed by atoms with Crippen LogP contribution in [0.3, 0.4) is 0 Å². The second kappa shape index (κ2) is 6.90. The fourth-order valence-corrected chi connectivity index (χ4v) is 2.52. The fraction of sp³-hybridized carbons (Fsp3) is 0.571. The quantitative estimate of drug-likeness (QED) is 0.816. The van der Waals surface area contributed by atoms with E-state index in [1.165, 1.54) is 0 Å². The Labute approximate surface area is 123 Å². The molecule has 0 spiro atoms. The van der Waals surface area contributed by atoms with Crippen LogP contribution in [0.25, 0.3) is 0 Å². The predicted molar refractivity (Wildman–Crippen MR) is 79.1 cm³/mol. The highest BCUT2D eigenvalue weighted by Crippen LogP contribution is 2.21. The van der Waals surface area contributed by atoms with Gasteiger partial charge in [-0.15, -0.1) is 0 Å². The normalized spacial score (nSPS) is 18.4. The third-order valence-corrected chi connectivity index (χ3v) is 3.62. The number of carbonyl (C=O) groups excluding carboxylic acids is 1. The molecule has 0 bridgehead atoms. The number of aliphatic hydroxyl groups excluding tert-OH is 1. The summed E-state index contributed by atoms with van der Waals surface area (Å²) in [5.74, 6) is 0.763. The lowest BCUT2D eigenvalue weighted by Crippen LogP contribution is -2.29. The van der Waals surface area contributed by atoms with Crippen LogP contribution >= 0.6 is 11.6 Å². The van der Waals surface area contributed by atoms with Crippen LogP contribution in [0.5, 0.6) is 0 Å². The summed E-state index contributed by atoms with van der Waals surface area (Å²) < 4.78 is 0. The maximum atomic E-state index is 12.4. The standard InChI is InChI=1S/C14H20ClN3O2/c1-2-4-16-13-7-11(6-12(15)17-13)14(20)18-5-3-10(8-18)9-19/h6-7,10,19H,2-5,8-9H2,1H3,(H,16,17). The molecule has 1 amide bonds. The van der Waals surface area contributed by atoms with E-state index in [0.29, 0.717) is 29.6 Å². The number of likely N-dealkylation sites (tertiary alicyclic amines) is 1. The van der Waals surface area contributed by atoms with E-state index in [9.17, 15) is 4.79 Å². The number of pyridine rings is 1. The number of amides is 1. The molecule has 2 heterocycles. The van der Waals surface area contributed by atoms with Gasteiger partial charge < -0.3 is 15.3 Å².